The first-order valence-corrected chi connectivity index (χ1v) is 10.1. The Bertz CT molecular complexity index is 586. The van der Waals surface area contributed by atoms with E-state index in [4.69, 9.17) is 4.74 Å². The summed E-state index contributed by atoms with van der Waals surface area (Å²) in [4.78, 5) is 0. The monoisotopic (exact) mass is 332 g/mol. The summed E-state index contributed by atoms with van der Waals surface area (Å²) < 4.78 is 6.11. The molecule has 5 rings (SSSR count). The molecule has 1 spiro atoms. The van der Waals surface area contributed by atoms with Crippen LogP contribution in [-0.4, -0.2) is 34.6 Å². The van der Waals surface area contributed by atoms with Crippen molar-refractivity contribution in [1.82, 2.24) is 0 Å². The minimum Gasteiger partial charge on any atom is -0.394 e. The maximum atomic E-state index is 10.1. The number of hydrogen-bond donors (Lipinski definition) is 2. The molecule has 4 fully saturated rings. The quantitative estimate of drug-likeness (QED) is 0.571. The predicted octanol–water partition coefficient (Wildman–Crippen LogP) is 3.44. The Morgan fingerprint density at radius 2 is 1.92 bits per heavy atom. The SMILES string of the molecule is C[C@]12CC[C@H](O)CC1=CCC1C2CC[C@@]2(C)C1CC[C@]21O[C@H]1CO. The third kappa shape index (κ3) is 1.74. The molecule has 1 saturated heterocycles. The Morgan fingerprint density at radius 1 is 1.12 bits per heavy atom. The number of rotatable bonds is 1. The van der Waals surface area contributed by atoms with Gasteiger partial charge in [0.1, 0.15) is 11.7 Å². The third-order valence-electron chi connectivity index (χ3n) is 9.24. The number of aliphatic hydroxyl groups is 2. The lowest BCUT2D eigenvalue weighted by Crippen LogP contribution is -2.52. The second-order valence-electron chi connectivity index (χ2n) is 9.83. The van der Waals surface area contributed by atoms with E-state index in [1.54, 1.807) is 5.57 Å². The van der Waals surface area contributed by atoms with Crippen molar-refractivity contribution in [3.8, 4) is 0 Å². The smallest absolute Gasteiger partial charge is 0.111 e. The molecule has 1 heterocycles. The topological polar surface area (TPSA) is 53.0 Å². The highest BCUT2D eigenvalue weighted by molar-refractivity contribution is 5.28. The average molecular weight is 332 g/mol. The van der Waals surface area contributed by atoms with Gasteiger partial charge in [0.05, 0.1) is 12.7 Å². The van der Waals surface area contributed by atoms with Gasteiger partial charge in [0.25, 0.3) is 0 Å². The van der Waals surface area contributed by atoms with Crippen LogP contribution in [0.2, 0.25) is 0 Å². The molecule has 3 unspecified atom stereocenters. The average Bonchev–Trinajstić information content (AvgIpc) is 3.21. The lowest BCUT2D eigenvalue weighted by Gasteiger charge is -2.57. The standard InChI is InChI=1S/C21H32O3/c1-19-8-5-14(23)11-13(19)3-4-15-16(19)6-9-20(2)17(15)7-10-21(20)18(12-22)24-21/h3,14-18,22-23H,4-12H2,1-2H3/t14-,15?,16?,17?,18-,19-,20-,21+/m0/s1. The molecule has 8 atom stereocenters. The van der Waals surface area contributed by atoms with Gasteiger partial charge in [-0.15, -0.1) is 0 Å². The van der Waals surface area contributed by atoms with Gasteiger partial charge in [0.15, 0.2) is 0 Å². The number of hydrogen-bond acceptors (Lipinski definition) is 3. The Morgan fingerprint density at radius 3 is 2.67 bits per heavy atom. The van der Waals surface area contributed by atoms with Crippen molar-refractivity contribution < 1.29 is 14.9 Å². The van der Waals surface area contributed by atoms with Gasteiger partial charge in [-0.2, -0.15) is 0 Å². The largest absolute Gasteiger partial charge is 0.394 e. The van der Waals surface area contributed by atoms with Crippen LogP contribution >= 0.6 is 0 Å². The molecule has 5 aliphatic rings. The summed E-state index contributed by atoms with van der Waals surface area (Å²) in [6, 6.07) is 0. The number of epoxide rings is 1. The van der Waals surface area contributed by atoms with Gasteiger partial charge >= 0.3 is 0 Å². The van der Waals surface area contributed by atoms with Crippen molar-refractivity contribution in [3.63, 3.8) is 0 Å². The van der Waals surface area contributed by atoms with E-state index in [0.717, 1.165) is 43.4 Å². The zero-order chi connectivity index (χ0) is 16.7. The maximum Gasteiger partial charge on any atom is 0.111 e. The second-order valence-corrected chi connectivity index (χ2v) is 9.83. The molecule has 134 valence electrons. The van der Waals surface area contributed by atoms with E-state index in [-0.39, 0.29) is 29.8 Å². The number of aliphatic hydroxyl groups excluding tert-OH is 2. The zero-order valence-corrected chi connectivity index (χ0v) is 15.1. The summed E-state index contributed by atoms with van der Waals surface area (Å²) >= 11 is 0. The molecule has 24 heavy (non-hydrogen) atoms. The molecule has 2 N–H and O–H groups in total. The molecule has 3 nitrogen and oxygen atoms in total. The first-order valence-electron chi connectivity index (χ1n) is 10.1. The van der Waals surface area contributed by atoms with E-state index < -0.39 is 0 Å². The third-order valence-corrected chi connectivity index (χ3v) is 9.24. The van der Waals surface area contributed by atoms with E-state index in [9.17, 15) is 10.2 Å². The zero-order valence-electron chi connectivity index (χ0n) is 15.1. The van der Waals surface area contributed by atoms with E-state index in [1.165, 1.54) is 25.7 Å². The summed E-state index contributed by atoms with van der Waals surface area (Å²) in [7, 11) is 0. The lowest BCUT2D eigenvalue weighted by molar-refractivity contribution is -0.0558. The summed E-state index contributed by atoms with van der Waals surface area (Å²) in [5.41, 5.74) is 2.12. The minimum absolute atomic E-state index is 0.00889. The summed E-state index contributed by atoms with van der Waals surface area (Å²) in [5, 5.41) is 19.7. The molecule has 0 aromatic rings. The van der Waals surface area contributed by atoms with E-state index >= 15 is 0 Å². The fraction of sp³-hybridized carbons (Fsp3) is 0.905. The molecule has 0 aromatic heterocycles. The van der Waals surface area contributed by atoms with Crippen LogP contribution in [0.3, 0.4) is 0 Å². The van der Waals surface area contributed by atoms with Crippen LogP contribution < -0.4 is 0 Å². The number of allylic oxidation sites excluding steroid dienone is 1. The highest BCUT2D eigenvalue weighted by Crippen LogP contribution is 2.72. The van der Waals surface area contributed by atoms with Crippen molar-refractivity contribution in [1.29, 1.82) is 0 Å². The predicted molar refractivity (Wildman–Crippen MR) is 92.4 cm³/mol. The molecule has 1 aliphatic heterocycles. The lowest BCUT2D eigenvalue weighted by atomic mass is 9.47. The van der Waals surface area contributed by atoms with Crippen LogP contribution in [0.25, 0.3) is 0 Å². The Hall–Kier alpha value is -0.380. The molecule has 4 aliphatic carbocycles. The molecule has 0 bridgehead atoms. The number of ether oxygens (including phenoxy) is 1. The van der Waals surface area contributed by atoms with Gasteiger partial charge in [0.2, 0.25) is 0 Å². The first-order chi connectivity index (χ1) is 11.4. The summed E-state index contributed by atoms with van der Waals surface area (Å²) in [5.74, 6) is 2.30. The van der Waals surface area contributed by atoms with Crippen molar-refractivity contribution in [2.45, 2.75) is 83.0 Å². The highest BCUT2D eigenvalue weighted by atomic mass is 16.6. The van der Waals surface area contributed by atoms with Crippen molar-refractivity contribution in [2.24, 2.45) is 28.6 Å². The van der Waals surface area contributed by atoms with Crippen molar-refractivity contribution >= 4 is 0 Å². The van der Waals surface area contributed by atoms with Gasteiger partial charge in [-0.3, -0.25) is 0 Å². The van der Waals surface area contributed by atoms with Crippen LogP contribution in [0.5, 0.6) is 0 Å². The normalized spacial score (nSPS) is 58.7. The fourth-order valence-corrected chi connectivity index (χ4v) is 7.80. The minimum atomic E-state index is -0.116. The maximum absolute atomic E-state index is 10.1. The fourth-order valence-electron chi connectivity index (χ4n) is 7.80. The van der Waals surface area contributed by atoms with Crippen LogP contribution in [0.15, 0.2) is 11.6 Å². The van der Waals surface area contributed by atoms with Gasteiger partial charge in [-0.05, 0) is 74.5 Å². The Kier molecular flexibility index (Phi) is 3.21. The molecule has 3 heteroatoms. The molecular weight excluding hydrogens is 300 g/mol. The Balaban J connectivity index is 1.47. The van der Waals surface area contributed by atoms with Crippen molar-refractivity contribution in [3.05, 3.63) is 11.6 Å². The van der Waals surface area contributed by atoms with Crippen LogP contribution in [0, 0.1) is 28.6 Å². The van der Waals surface area contributed by atoms with Crippen LogP contribution in [0.4, 0.5) is 0 Å². The molecule has 0 radical (unpaired) electrons. The first kappa shape index (κ1) is 15.8. The van der Waals surface area contributed by atoms with Crippen molar-refractivity contribution in [2.75, 3.05) is 6.61 Å². The molecule has 0 aromatic carbocycles. The van der Waals surface area contributed by atoms with Gasteiger partial charge < -0.3 is 14.9 Å². The van der Waals surface area contributed by atoms with Gasteiger partial charge in [-0.25, -0.2) is 0 Å². The number of fused-ring (bicyclic) bond motifs is 6. The van der Waals surface area contributed by atoms with Crippen LogP contribution in [0.1, 0.15) is 65.2 Å². The van der Waals surface area contributed by atoms with Gasteiger partial charge in [0, 0.05) is 5.41 Å². The van der Waals surface area contributed by atoms with E-state index in [1.807, 2.05) is 0 Å². The van der Waals surface area contributed by atoms with Gasteiger partial charge in [-0.1, -0.05) is 25.5 Å². The Labute approximate surface area is 145 Å². The van der Waals surface area contributed by atoms with E-state index in [0.29, 0.717) is 5.41 Å². The van der Waals surface area contributed by atoms with E-state index in [2.05, 4.69) is 19.9 Å². The van der Waals surface area contributed by atoms with Crippen LogP contribution in [-0.2, 0) is 4.74 Å². The molecular formula is C21H32O3. The highest BCUT2D eigenvalue weighted by Gasteiger charge is 2.74. The second kappa shape index (κ2) is 4.86. The summed E-state index contributed by atoms with van der Waals surface area (Å²) in [6.45, 7) is 5.14. The summed E-state index contributed by atoms with van der Waals surface area (Å²) in [6.07, 6.45) is 11.7. The molecule has 0 amide bonds. The molecule has 3 saturated carbocycles.